The van der Waals surface area contributed by atoms with E-state index < -0.39 is 0 Å². The third-order valence-electron chi connectivity index (χ3n) is 4.32. The fraction of sp³-hybridized carbons (Fsp3) is 0.364. The molecule has 2 aromatic carbocycles. The summed E-state index contributed by atoms with van der Waals surface area (Å²) in [5.74, 6) is 0.536. The predicted octanol–water partition coefficient (Wildman–Crippen LogP) is 3.84. The largest absolute Gasteiger partial charge is 0.494 e. The van der Waals surface area contributed by atoms with Crippen molar-refractivity contribution >= 4 is 11.8 Å². The molecule has 0 saturated heterocycles. The van der Waals surface area contributed by atoms with Gasteiger partial charge < -0.3 is 15.4 Å². The molecule has 0 radical (unpaired) electrons. The first-order chi connectivity index (χ1) is 12.9. The average molecular weight is 368 g/mol. The summed E-state index contributed by atoms with van der Waals surface area (Å²) < 4.78 is 5.44. The Hall–Kier alpha value is -2.82. The van der Waals surface area contributed by atoms with Crippen LogP contribution in [0, 0.1) is 6.92 Å². The van der Waals surface area contributed by atoms with E-state index in [0.29, 0.717) is 6.61 Å². The van der Waals surface area contributed by atoms with Crippen molar-refractivity contribution in [3.05, 3.63) is 65.2 Å². The molecule has 0 aliphatic rings. The fourth-order valence-corrected chi connectivity index (χ4v) is 2.88. The zero-order chi connectivity index (χ0) is 19.8. The van der Waals surface area contributed by atoms with Gasteiger partial charge >= 0.3 is 0 Å². The van der Waals surface area contributed by atoms with Gasteiger partial charge in [0.15, 0.2) is 0 Å². The topological polar surface area (TPSA) is 67.4 Å². The van der Waals surface area contributed by atoms with Gasteiger partial charge in [0.25, 0.3) is 0 Å². The third-order valence-corrected chi connectivity index (χ3v) is 4.32. The number of hydrogen-bond acceptors (Lipinski definition) is 3. The van der Waals surface area contributed by atoms with Crippen molar-refractivity contribution in [3.63, 3.8) is 0 Å². The lowest BCUT2D eigenvalue weighted by atomic mass is 10.0. The molecule has 5 heteroatoms. The van der Waals surface area contributed by atoms with Crippen molar-refractivity contribution in [2.45, 2.75) is 46.2 Å². The zero-order valence-electron chi connectivity index (χ0n) is 16.4. The van der Waals surface area contributed by atoms with E-state index in [1.54, 1.807) is 0 Å². The molecule has 2 atom stereocenters. The number of benzene rings is 2. The minimum atomic E-state index is -0.351. The maximum atomic E-state index is 12.5. The second-order valence-electron chi connectivity index (χ2n) is 6.66. The lowest BCUT2D eigenvalue weighted by molar-refractivity contribution is -0.123. The molecular formula is C22H28N2O3. The van der Waals surface area contributed by atoms with Gasteiger partial charge in [0.1, 0.15) is 5.75 Å². The minimum absolute atomic E-state index is 0.115. The number of amides is 2. The lowest BCUT2D eigenvalue weighted by Gasteiger charge is -2.20. The summed E-state index contributed by atoms with van der Waals surface area (Å²) >= 11 is 0. The van der Waals surface area contributed by atoms with Crippen LogP contribution in [0.25, 0.3) is 0 Å². The molecule has 0 aliphatic carbocycles. The van der Waals surface area contributed by atoms with Crippen molar-refractivity contribution < 1.29 is 14.3 Å². The highest BCUT2D eigenvalue weighted by atomic mass is 16.5. The Morgan fingerprint density at radius 1 is 0.963 bits per heavy atom. The maximum Gasteiger partial charge on any atom is 0.222 e. The molecule has 0 aromatic heterocycles. The van der Waals surface area contributed by atoms with Gasteiger partial charge in [-0.25, -0.2) is 0 Å². The Balaban J connectivity index is 2.01. The molecule has 5 nitrogen and oxygen atoms in total. The highest BCUT2D eigenvalue weighted by Gasteiger charge is 2.18. The Labute approximate surface area is 161 Å². The summed E-state index contributed by atoms with van der Waals surface area (Å²) in [6.45, 7) is 7.96. The number of nitrogens with one attached hydrogen (secondary N) is 2. The van der Waals surface area contributed by atoms with Gasteiger partial charge in [-0.1, -0.05) is 42.0 Å². The number of carbonyl (C=O) groups excluding carboxylic acids is 2. The summed E-state index contributed by atoms with van der Waals surface area (Å²) in [6, 6.07) is 15.0. The molecule has 0 fully saturated rings. The van der Waals surface area contributed by atoms with Gasteiger partial charge in [-0.15, -0.1) is 0 Å². The molecule has 0 spiro atoms. The van der Waals surface area contributed by atoms with Gasteiger partial charge in [0, 0.05) is 6.92 Å². The first-order valence-electron chi connectivity index (χ1n) is 9.24. The van der Waals surface area contributed by atoms with Crippen LogP contribution in [0.15, 0.2) is 48.5 Å². The molecule has 2 unspecified atom stereocenters. The Morgan fingerprint density at radius 3 is 2.11 bits per heavy atom. The molecule has 0 bridgehead atoms. The minimum Gasteiger partial charge on any atom is -0.494 e. The summed E-state index contributed by atoms with van der Waals surface area (Å²) in [5.41, 5.74) is 3.05. The number of ether oxygens (including phenoxy) is 1. The molecule has 2 amide bonds. The van der Waals surface area contributed by atoms with Crippen molar-refractivity contribution in [1.82, 2.24) is 10.6 Å². The van der Waals surface area contributed by atoms with Crippen LogP contribution >= 0.6 is 0 Å². The quantitative estimate of drug-likeness (QED) is 0.744. The molecule has 144 valence electrons. The zero-order valence-corrected chi connectivity index (χ0v) is 16.4. The first kappa shape index (κ1) is 20.5. The number of rotatable bonds is 8. The van der Waals surface area contributed by atoms with Crippen LogP contribution in [-0.2, 0) is 9.59 Å². The summed E-state index contributed by atoms with van der Waals surface area (Å²) in [7, 11) is 0. The van der Waals surface area contributed by atoms with E-state index in [4.69, 9.17) is 4.74 Å². The van der Waals surface area contributed by atoms with Crippen LogP contribution in [0.5, 0.6) is 5.75 Å². The van der Waals surface area contributed by atoms with Gasteiger partial charge in [-0.2, -0.15) is 0 Å². The SMILES string of the molecule is CCOc1ccc(C(C)NC(=O)CC(NC(C)=O)c2ccc(C)cc2)cc1. The standard InChI is InChI=1S/C22H28N2O3/c1-5-27-20-12-10-18(11-13-20)16(3)23-22(26)14-21(24-17(4)25)19-8-6-15(2)7-9-19/h6-13,16,21H,5,14H2,1-4H3,(H,23,26)(H,24,25). The van der Waals surface area contributed by atoms with E-state index in [1.807, 2.05) is 69.3 Å². The molecule has 2 rings (SSSR count). The first-order valence-corrected chi connectivity index (χ1v) is 9.24. The molecule has 0 aliphatic heterocycles. The van der Waals surface area contributed by atoms with E-state index in [2.05, 4.69) is 10.6 Å². The summed E-state index contributed by atoms with van der Waals surface area (Å²) in [4.78, 5) is 24.1. The van der Waals surface area contributed by atoms with Crippen molar-refractivity contribution in [2.24, 2.45) is 0 Å². The van der Waals surface area contributed by atoms with Gasteiger partial charge in [0.2, 0.25) is 11.8 Å². The fourth-order valence-electron chi connectivity index (χ4n) is 2.88. The van der Waals surface area contributed by atoms with Crippen molar-refractivity contribution in [2.75, 3.05) is 6.61 Å². The second-order valence-corrected chi connectivity index (χ2v) is 6.66. The highest BCUT2D eigenvalue weighted by Crippen LogP contribution is 2.20. The van der Waals surface area contributed by atoms with E-state index >= 15 is 0 Å². The smallest absolute Gasteiger partial charge is 0.222 e. The maximum absolute atomic E-state index is 12.5. The molecule has 2 N–H and O–H groups in total. The average Bonchev–Trinajstić information content (AvgIpc) is 2.62. The van der Waals surface area contributed by atoms with Crippen LogP contribution in [0.2, 0.25) is 0 Å². The normalized spacial score (nSPS) is 12.7. The van der Waals surface area contributed by atoms with Gasteiger partial charge in [-0.3, -0.25) is 9.59 Å². The van der Waals surface area contributed by atoms with Crippen molar-refractivity contribution in [3.8, 4) is 5.75 Å². The lowest BCUT2D eigenvalue weighted by Crippen LogP contribution is -2.33. The second kappa shape index (κ2) is 9.76. The van der Waals surface area contributed by atoms with Crippen LogP contribution in [-0.4, -0.2) is 18.4 Å². The summed E-state index contributed by atoms with van der Waals surface area (Å²) in [5, 5.41) is 5.87. The molecule has 2 aromatic rings. The van der Waals surface area contributed by atoms with E-state index in [1.165, 1.54) is 6.92 Å². The van der Waals surface area contributed by atoms with E-state index in [0.717, 1.165) is 22.4 Å². The van der Waals surface area contributed by atoms with E-state index in [-0.39, 0.29) is 30.3 Å². The molecule has 27 heavy (non-hydrogen) atoms. The van der Waals surface area contributed by atoms with Crippen molar-refractivity contribution in [1.29, 1.82) is 0 Å². The molecule has 0 heterocycles. The molecular weight excluding hydrogens is 340 g/mol. The molecule has 0 saturated carbocycles. The number of aryl methyl sites for hydroxylation is 1. The van der Waals surface area contributed by atoms with Crippen LogP contribution in [0.1, 0.15) is 56.0 Å². The summed E-state index contributed by atoms with van der Waals surface area (Å²) in [6.07, 6.45) is 0.185. The monoisotopic (exact) mass is 368 g/mol. The number of hydrogen-bond donors (Lipinski definition) is 2. The Kier molecular flexibility index (Phi) is 7.41. The Bertz CT molecular complexity index is 754. The van der Waals surface area contributed by atoms with Gasteiger partial charge in [0.05, 0.1) is 25.1 Å². The van der Waals surface area contributed by atoms with Crippen LogP contribution < -0.4 is 15.4 Å². The van der Waals surface area contributed by atoms with E-state index in [9.17, 15) is 9.59 Å². The number of carbonyl (C=O) groups is 2. The van der Waals surface area contributed by atoms with Crippen LogP contribution in [0.4, 0.5) is 0 Å². The third kappa shape index (κ3) is 6.44. The predicted molar refractivity (Wildman–Crippen MR) is 107 cm³/mol. The van der Waals surface area contributed by atoms with Gasteiger partial charge in [-0.05, 0) is 44.0 Å². The van der Waals surface area contributed by atoms with Crippen LogP contribution in [0.3, 0.4) is 0 Å². The Morgan fingerprint density at radius 2 is 1.56 bits per heavy atom. The highest BCUT2D eigenvalue weighted by molar-refractivity contribution is 5.79.